The van der Waals surface area contributed by atoms with Gasteiger partial charge in [-0.1, -0.05) is 0 Å². The first-order valence-electron chi connectivity index (χ1n) is 8.84. The van der Waals surface area contributed by atoms with Crippen molar-refractivity contribution in [1.82, 2.24) is 14.7 Å². The molecular formula is C18H18FN5O3S. The molecule has 2 atom stereocenters. The maximum Gasteiger partial charge on any atom is 0.322 e. The predicted molar refractivity (Wildman–Crippen MR) is 99.9 cm³/mol. The van der Waals surface area contributed by atoms with Crippen LogP contribution in [0.3, 0.4) is 0 Å². The summed E-state index contributed by atoms with van der Waals surface area (Å²) in [6.45, 7) is 7.96. The lowest BCUT2D eigenvalue weighted by molar-refractivity contribution is 0.145. The summed E-state index contributed by atoms with van der Waals surface area (Å²) in [6.07, 6.45) is 0.386. The highest BCUT2D eigenvalue weighted by Gasteiger charge is 2.32. The van der Waals surface area contributed by atoms with Gasteiger partial charge in [-0.3, -0.25) is 8.89 Å². The number of anilines is 1. The minimum Gasteiger partial charge on any atom is -0.391 e. The van der Waals surface area contributed by atoms with Gasteiger partial charge >= 0.3 is 6.03 Å². The van der Waals surface area contributed by atoms with E-state index in [-0.39, 0.29) is 18.3 Å². The number of carbonyl (C=O) groups excluding carboxylic acids is 1. The van der Waals surface area contributed by atoms with Gasteiger partial charge in [0.2, 0.25) is 5.69 Å². The molecule has 2 N–H and O–H groups in total. The molecule has 4 rings (SSSR count). The van der Waals surface area contributed by atoms with Crippen LogP contribution in [0, 0.1) is 12.4 Å². The summed E-state index contributed by atoms with van der Waals surface area (Å²) in [5.74, 6) is -0.275. The maximum atomic E-state index is 13.5. The minimum atomic E-state index is -1.28. The smallest absolute Gasteiger partial charge is 0.322 e. The first-order chi connectivity index (χ1) is 13.5. The van der Waals surface area contributed by atoms with Crippen molar-refractivity contribution in [3.63, 3.8) is 0 Å². The maximum absolute atomic E-state index is 13.5. The number of amides is 2. The highest BCUT2D eigenvalue weighted by Crippen LogP contribution is 2.28. The third-order valence-electron chi connectivity index (χ3n) is 4.89. The molecule has 3 heterocycles. The van der Waals surface area contributed by atoms with Crippen molar-refractivity contribution in [3.8, 4) is 0 Å². The van der Waals surface area contributed by atoms with Crippen LogP contribution in [0.1, 0.15) is 17.7 Å². The summed E-state index contributed by atoms with van der Waals surface area (Å²) >= 11 is 0. The fourth-order valence-corrected chi connectivity index (χ4v) is 4.95. The van der Waals surface area contributed by atoms with E-state index in [1.54, 1.807) is 9.58 Å². The molecule has 0 bridgehead atoms. The number of aromatic nitrogens is 2. The molecule has 0 aliphatic carbocycles. The quantitative estimate of drug-likeness (QED) is 0.713. The Balaban J connectivity index is 1.55. The lowest BCUT2D eigenvalue weighted by atomic mass is 10.1. The van der Waals surface area contributed by atoms with E-state index in [1.807, 2.05) is 0 Å². The number of hydrogen-bond acceptors (Lipinski definition) is 4. The number of halogens is 1. The van der Waals surface area contributed by atoms with E-state index in [9.17, 15) is 18.5 Å². The molecule has 1 aromatic heterocycles. The Kier molecular flexibility index (Phi) is 4.87. The third kappa shape index (κ3) is 3.39. The molecule has 2 unspecified atom stereocenters. The van der Waals surface area contributed by atoms with Gasteiger partial charge in [0.25, 0.3) is 0 Å². The van der Waals surface area contributed by atoms with E-state index in [2.05, 4.69) is 15.3 Å². The van der Waals surface area contributed by atoms with E-state index >= 15 is 0 Å². The van der Waals surface area contributed by atoms with Crippen molar-refractivity contribution in [2.24, 2.45) is 0 Å². The number of aliphatic hydroxyl groups excluding tert-OH is 1. The molecule has 0 saturated heterocycles. The highest BCUT2D eigenvalue weighted by atomic mass is 32.2. The van der Waals surface area contributed by atoms with Crippen molar-refractivity contribution in [1.29, 1.82) is 0 Å². The van der Waals surface area contributed by atoms with Crippen LogP contribution in [-0.4, -0.2) is 48.4 Å². The summed E-state index contributed by atoms with van der Waals surface area (Å²) in [4.78, 5) is 17.3. The van der Waals surface area contributed by atoms with Gasteiger partial charge in [-0.25, -0.2) is 14.0 Å². The fraction of sp³-hybridized carbons (Fsp3) is 0.389. The third-order valence-corrected chi connectivity index (χ3v) is 6.39. The second-order valence-electron chi connectivity index (χ2n) is 6.78. The SMILES string of the molecule is [C-]#[N+]c1cc(NC(=O)N2CCc3nn4c(c3C2)S(=O)CCC(O)C4)ccc1F. The summed E-state index contributed by atoms with van der Waals surface area (Å²) in [5, 5.41) is 17.7. The van der Waals surface area contributed by atoms with Crippen molar-refractivity contribution < 1.29 is 18.5 Å². The van der Waals surface area contributed by atoms with Gasteiger partial charge in [-0.15, -0.1) is 0 Å². The van der Waals surface area contributed by atoms with Crippen LogP contribution >= 0.6 is 0 Å². The van der Waals surface area contributed by atoms with Crippen molar-refractivity contribution >= 4 is 28.2 Å². The second kappa shape index (κ2) is 7.33. The summed E-state index contributed by atoms with van der Waals surface area (Å²) in [5.41, 5.74) is 1.76. The van der Waals surface area contributed by atoms with Gasteiger partial charge in [0.15, 0.2) is 0 Å². The van der Waals surface area contributed by atoms with E-state index in [4.69, 9.17) is 6.57 Å². The Morgan fingerprint density at radius 3 is 3.07 bits per heavy atom. The molecule has 2 aliphatic heterocycles. The first kappa shape index (κ1) is 18.6. The standard InChI is InChI=1S/C18H18FN5O3S/c1-20-16-8-11(2-3-14(16)19)21-18(26)23-6-4-15-13(10-23)17-24(22-15)9-12(25)5-7-28(17)27/h2-3,8,12,25H,4-7,9-10H2,(H,21,26). The minimum absolute atomic E-state index is 0.158. The molecule has 2 amide bonds. The van der Waals surface area contributed by atoms with E-state index in [1.165, 1.54) is 12.1 Å². The number of hydrogen-bond donors (Lipinski definition) is 2. The molecule has 8 nitrogen and oxygen atoms in total. The van der Waals surface area contributed by atoms with Crippen LogP contribution in [0.4, 0.5) is 20.6 Å². The Labute approximate surface area is 163 Å². The molecule has 2 aliphatic rings. The molecule has 10 heteroatoms. The van der Waals surface area contributed by atoms with Gasteiger partial charge in [-0.05, 0) is 24.6 Å². The van der Waals surface area contributed by atoms with E-state index in [0.717, 1.165) is 17.3 Å². The van der Waals surface area contributed by atoms with Gasteiger partial charge in [0.05, 0.1) is 42.3 Å². The van der Waals surface area contributed by atoms with Crippen molar-refractivity contribution in [3.05, 3.63) is 46.7 Å². The molecule has 1 aromatic carbocycles. The average molecular weight is 403 g/mol. The van der Waals surface area contributed by atoms with E-state index < -0.39 is 22.7 Å². The number of fused-ring (bicyclic) bond motifs is 3. The molecule has 2 aromatic rings. The molecule has 0 saturated carbocycles. The lowest BCUT2D eigenvalue weighted by Gasteiger charge is -2.27. The van der Waals surface area contributed by atoms with Crippen LogP contribution < -0.4 is 5.32 Å². The molecule has 28 heavy (non-hydrogen) atoms. The van der Waals surface area contributed by atoms with Crippen LogP contribution in [0.5, 0.6) is 0 Å². The number of benzene rings is 1. The zero-order valence-electron chi connectivity index (χ0n) is 14.9. The zero-order valence-corrected chi connectivity index (χ0v) is 15.7. The Hall–Kier alpha value is -2.77. The zero-order chi connectivity index (χ0) is 19.8. The number of aliphatic hydroxyl groups is 1. The summed E-state index contributed by atoms with van der Waals surface area (Å²) in [7, 11) is -1.28. The summed E-state index contributed by atoms with van der Waals surface area (Å²) < 4.78 is 27.7. The van der Waals surface area contributed by atoms with Crippen LogP contribution in [-0.2, 0) is 30.3 Å². The molecule has 0 fully saturated rings. The second-order valence-corrected chi connectivity index (χ2v) is 8.27. The Bertz CT molecular complexity index is 1020. The Morgan fingerprint density at radius 2 is 2.29 bits per heavy atom. The predicted octanol–water partition coefficient (Wildman–Crippen LogP) is 2.04. The normalized spacial score (nSPS) is 21.2. The fourth-order valence-electron chi connectivity index (χ4n) is 3.46. The molecule has 146 valence electrons. The van der Waals surface area contributed by atoms with Gasteiger partial charge in [0, 0.05) is 30.0 Å². The number of rotatable bonds is 1. The van der Waals surface area contributed by atoms with Crippen molar-refractivity contribution in [2.45, 2.75) is 37.1 Å². The monoisotopic (exact) mass is 403 g/mol. The van der Waals surface area contributed by atoms with Crippen LogP contribution in [0.15, 0.2) is 23.2 Å². The average Bonchev–Trinajstić information content (AvgIpc) is 2.97. The van der Waals surface area contributed by atoms with Gasteiger partial charge in [-0.2, -0.15) is 5.10 Å². The van der Waals surface area contributed by atoms with Crippen LogP contribution in [0.25, 0.3) is 4.85 Å². The number of carbonyl (C=O) groups is 1. The first-order valence-corrected chi connectivity index (χ1v) is 10.2. The van der Waals surface area contributed by atoms with Crippen LogP contribution in [0.2, 0.25) is 0 Å². The topological polar surface area (TPSA) is 91.8 Å². The number of nitrogens with one attached hydrogen (secondary N) is 1. The molecular weight excluding hydrogens is 385 g/mol. The highest BCUT2D eigenvalue weighted by molar-refractivity contribution is 7.85. The van der Waals surface area contributed by atoms with Gasteiger partial charge < -0.3 is 15.3 Å². The van der Waals surface area contributed by atoms with Gasteiger partial charge in [0.1, 0.15) is 10.8 Å². The lowest BCUT2D eigenvalue weighted by Crippen LogP contribution is -2.39. The largest absolute Gasteiger partial charge is 0.391 e. The van der Waals surface area contributed by atoms with E-state index in [0.29, 0.717) is 42.4 Å². The number of nitrogens with zero attached hydrogens (tertiary/aromatic N) is 4. The van der Waals surface area contributed by atoms with Crippen molar-refractivity contribution in [2.75, 3.05) is 17.6 Å². The number of urea groups is 1. The summed E-state index contributed by atoms with van der Waals surface area (Å²) in [6, 6.07) is 3.45. The molecule has 0 radical (unpaired) electrons. The Morgan fingerprint density at radius 1 is 1.46 bits per heavy atom. The molecule has 0 spiro atoms.